The number of hydrogen-bond acceptors (Lipinski definition) is 3. The minimum absolute atomic E-state index is 0.260. The monoisotopic (exact) mass is 370 g/mol. The number of nitrogens with one attached hydrogen (secondary N) is 1. The molecule has 0 amide bonds. The van der Waals surface area contributed by atoms with Crippen molar-refractivity contribution >= 4 is 11.8 Å². The summed E-state index contributed by atoms with van der Waals surface area (Å²) in [6.45, 7) is 3.18. The maximum atomic E-state index is 13.7. The lowest BCUT2D eigenvalue weighted by atomic mass is 9.97. The Bertz CT molecular complexity index is 661. The van der Waals surface area contributed by atoms with E-state index in [1.165, 1.54) is 29.5 Å². The van der Waals surface area contributed by atoms with Gasteiger partial charge in [-0.1, -0.05) is 18.2 Å². The lowest BCUT2D eigenvalue weighted by molar-refractivity contribution is -0.884. The SMILES string of the molecule is N#Cc1c(SCC[NH+]2CCCC2)nc2c(c1C(F)(F)F)CCCCC2. The van der Waals surface area contributed by atoms with E-state index >= 15 is 0 Å². The molecular formula is C18H23F3N3S+. The first-order valence-electron chi connectivity index (χ1n) is 9.00. The molecule has 1 aliphatic heterocycles. The number of pyridine rings is 1. The minimum atomic E-state index is -4.50. The molecule has 1 saturated heterocycles. The number of rotatable bonds is 4. The molecule has 1 aliphatic carbocycles. The summed E-state index contributed by atoms with van der Waals surface area (Å²) in [6.07, 6.45) is 1.40. The number of likely N-dealkylation sites (tertiary alicyclic amines) is 1. The zero-order valence-corrected chi connectivity index (χ0v) is 15.0. The summed E-state index contributed by atoms with van der Waals surface area (Å²) >= 11 is 1.31. The summed E-state index contributed by atoms with van der Waals surface area (Å²) in [4.78, 5) is 6.01. The van der Waals surface area contributed by atoms with Crippen molar-refractivity contribution in [3.63, 3.8) is 0 Å². The fourth-order valence-electron chi connectivity index (χ4n) is 3.83. The highest BCUT2D eigenvalue weighted by molar-refractivity contribution is 7.99. The van der Waals surface area contributed by atoms with Crippen LogP contribution in [0.2, 0.25) is 0 Å². The van der Waals surface area contributed by atoms with E-state index in [9.17, 15) is 18.4 Å². The first-order chi connectivity index (χ1) is 12.0. The van der Waals surface area contributed by atoms with Crippen LogP contribution in [0.25, 0.3) is 0 Å². The molecule has 0 saturated carbocycles. The van der Waals surface area contributed by atoms with E-state index in [1.54, 1.807) is 0 Å². The number of thioether (sulfide) groups is 1. The van der Waals surface area contributed by atoms with Gasteiger partial charge in [-0.15, -0.1) is 0 Å². The molecule has 0 spiro atoms. The van der Waals surface area contributed by atoms with Gasteiger partial charge in [-0.25, -0.2) is 4.98 Å². The van der Waals surface area contributed by atoms with E-state index < -0.39 is 11.7 Å². The van der Waals surface area contributed by atoms with Crippen LogP contribution < -0.4 is 4.90 Å². The van der Waals surface area contributed by atoms with Crippen molar-refractivity contribution in [1.82, 2.24) is 4.98 Å². The topological polar surface area (TPSA) is 41.1 Å². The summed E-state index contributed by atoms with van der Waals surface area (Å²) < 4.78 is 41.1. The molecule has 2 heterocycles. The van der Waals surface area contributed by atoms with Gasteiger partial charge in [0.15, 0.2) is 0 Å². The molecule has 0 radical (unpaired) electrons. The third-order valence-electron chi connectivity index (χ3n) is 5.09. The lowest BCUT2D eigenvalue weighted by Gasteiger charge is -2.19. The third-order valence-corrected chi connectivity index (χ3v) is 6.07. The van der Waals surface area contributed by atoms with Crippen molar-refractivity contribution in [1.29, 1.82) is 5.26 Å². The number of nitrogens with zero attached hydrogens (tertiary/aromatic N) is 2. The Morgan fingerprint density at radius 2 is 1.80 bits per heavy atom. The van der Waals surface area contributed by atoms with Gasteiger partial charge in [0.2, 0.25) is 0 Å². The van der Waals surface area contributed by atoms with Crippen LogP contribution in [0.15, 0.2) is 5.03 Å². The van der Waals surface area contributed by atoms with Gasteiger partial charge < -0.3 is 4.90 Å². The maximum Gasteiger partial charge on any atom is 0.418 e. The van der Waals surface area contributed by atoms with Crippen LogP contribution in [0.4, 0.5) is 13.2 Å². The van der Waals surface area contributed by atoms with Crippen molar-refractivity contribution in [3.8, 4) is 6.07 Å². The number of aromatic nitrogens is 1. The van der Waals surface area contributed by atoms with Gasteiger partial charge in [0.1, 0.15) is 11.1 Å². The predicted octanol–water partition coefficient (Wildman–Crippen LogP) is 3.01. The smallest absolute Gasteiger partial charge is 0.334 e. The maximum absolute atomic E-state index is 13.7. The Morgan fingerprint density at radius 3 is 2.48 bits per heavy atom. The number of hydrogen-bond donors (Lipinski definition) is 1. The number of halogens is 3. The molecule has 0 unspecified atom stereocenters. The Kier molecular flexibility index (Phi) is 5.90. The first kappa shape index (κ1) is 18.5. The molecule has 7 heteroatoms. The second-order valence-electron chi connectivity index (χ2n) is 6.82. The largest absolute Gasteiger partial charge is 0.418 e. The van der Waals surface area contributed by atoms with Crippen molar-refractivity contribution in [3.05, 3.63) is 22.4 Å². The standard InChI is InChI=1S/C18H22F3N3S/c19-18(20,21)16-13-6-2-1-3-7-15(13)23-17(14(16)12-22)25-11-10-24-8-4-5-9-24/h1-11H2/p+1. The molecule has 25 heavy (non-hydrogen) atoms. The van der Waals surface area contributed by atoms with Crippen LogP contribution in [0.5, 0.6) is 0 Å². The van der Waals surface area contributed by atoms with Gasteiger partial charge in [-0.3, -0.25) is 0 Å². The minimum Gasteiger partial charge on any atom is -0.334 e. The highest BCUT2D eigenvalue weighted by Gasteiger charge is 2.39. The molecule has 3 rings (SSSR count). The molecule has 3 nitrogen and oxygen atoms in total. The second-order valence-corrected chi connectivity index (χ2v) is 7.90. The number of quaternary nitrogens is 1. The first-order valence-corrected chi connectivity index (χ1v) is 9.98. The van der Waals surface area contributed by atoms with Gasteiger partial charge in [-0.2, -0.15) is 18.4 Å². The highest BCUT2D eigenvalue weighted by atomic mass is 32.2. The van der Waals surface area contributed by atoms with Gasteiger partial charge >= 0.3 is 6.18 Å². The van der Waals surface area contributed by atoms with E-state index in [0.717, 1.165) is 38.9 Å². The molecule has 0 atom stereocenters. The quantitative estimate of drug-likeness (QED) is 0.654. The molecule has 1 fully saturated rings. The van der Waals surface area contributed by atoms with E-state index in [4.69, 9.17) is 0 Å². The highest BCUT2D eigenvalue weighted by Crippen LogP contribution is 2.40. The number of fused-ring (bicyclic) bond motifs is 1. The van der Waals surface area contributed by atoms with Gasteiger partial charge in [0, 0.05) is 24.3 Å². The Labute approximate surface area is 150 Å². The molecule has 1 aromatic heterocycles. The van der Waals surface area contributed by atoms with Gasteiger partial charge in [0.05, 0.1) is 30.8 Å². The third kappa shape index (κ3) is 4.29. The molecular weight excluding hydrogens is 347 g/mol. The summed E-state index contributed by atoms with van der Waals surface area (Å²) in [5.74, 6) is 0.701. The van der Waals surface area contributed by atoms with Crippen LogP contribution >= 0.6 is 11.8 Å². The lowest BCUT2D eigenvalue weighted by Crippen LogP contribution is -3.10. The molecule has 2 aliphatic rings. The molecule has 1 N–H and O–H groups in total. The average molecular weight is 370 g/mol. The summed E-state index contributed by atoms with van der Waals surface area (Å²) in [5.41, 5.74) is -0.177. The zero-order chi connectivity index (χ0) is 17.9. The van der Waals surface area contributed by atoms with Crippen molar-refractivity contribution < 1.29 is 18.1 Å². The van der Waals surface area contributed by atoms with Crippen molar-refractivity contribution in [2.75, 3.05) is 25.4 Å². The number of nitriles is 1. The Morgan fingerprint density at radius 1 is 1.08 bits per heavy atom. The second kappa shape index (κ2) is 7.96. The van der Waals surface area contributed by atoms with Crippen LogP contribution in [0.3, 0.4) is 0 Å². The van der Waals surface area contributed by atoms with Crippen LogP contribution in [0.1, 0.15) is 54.5 Å². The normalized spacial score (nSPS) is 18.6. The number of alkyl halides is 3. The van der Waals surface area contributed by atoms with Crippen molar-refractivity contribution in [2.24, 2.45) is 0 Å². The zero-order valence-electron chi connectivity index (χ0n) is 14.2. The fraction of sp³-hybridized carbons (Fsp3) is 0.667. The van der Waals surface area contributed by atoms with E-state index in [1.807, 2.05) is 6.07 Å². The van der Waals surface area contributed by atoms with Crippen LogP contribution in [-0.2, 0) is 19.0 Å². The molecule has 136 valence electrons. The molecule has 0 bridgehead atoms. The summed E-state index contributed by atoms with van der Waals surface area (Å²) in [6, 6.07) is 1.81. The van der Waals surface area contributed by atoms with Gasteiger partial charge in [-0.05, 0) is 31.2 Å². The Hall–Kier alpha value is -1.26. The van der Waals surface area contributed by atoms with Crippen LogP contribution in [-0.4, -0.2) is 30.4 Å². The summed E-state index contributed by atoms with van der Waals surface area (Å²) in [7, 11) is 0. The number of aryl methyl sites for hydroxylation is 1. The van der Waals surface area contributed by atoms with Crippen molar-refractivity contribution in [2.45, 2.75) is 56.1 Å². The van der Waals surface area contributed by atoms with E-state index in [-0.39, 0.29) is 16.2 Å². The average Bonchev–Trinajstić information content (AvgIpc) is 2.97. The Balaban J connectivity index is 1.91. The fourth-order valence-corrected chi connectivity index (χ4v) is 4.88. The predicted molar refractivity (Wildman–Crippen MR) is 90.7 cm³/mol. The van der Waals surface area contributed by atoms with Crippen LogP contribution in [0, 0.1) is 11.3 Å². The molecule has 1 aromatic rings. The van der Waals surface area contributed by atoms with E-state index in [2.05, 4.69) is 4.98 Å². The van der Waals surface area contributed by atoms with Gasteiger partial charge in [0.25, 0.3) is 0 Å². The summed E-state index contributed by atoms with van der Waals surface area (Å²) in [5, 5.41) is 9.71. The van der Waals surface area contributed by atoms with E-state index in [0.29, 0.717) is 24.3 Å². The molecule has 0 aromatic carbocycles.